The molecule has 2 nitrogen and oxygen atoms in total. The van der Waals surface area contributed by atoms with Crippen LogP contribution >= 0.6 is 0 Å². The molecule has 2 N–H and O–H groups in total. The van der Waals surface area contributed by atoms with E-state index in [2.05, 4.69) is 33.0 Å². The highest BCUT2D eigenvalue weighted by Gasteiger charge is 2.26. The van der Waals surface area contributed by atoms with E-state index in [9.17, 15) is 0 Å². The number of hydrogen-bond acceptors (Lipinski definition) is 2. The molecule has 1 fully saturated rings. The highest BCUT2D eigenvalue weighted by atomic mass is 16.2. The summed E-state index contributed by atoms with van der Waals surface area (Å²) in [5.74, 6) is 1.76. The molecule has 0 heterocycles. The van der Waals surface area contributed by atoms with Crippen LogP contribution in [-0.4, -0.2) is 24.3 Å². The van der Waals surface area contributed by atoms with Gasteiger partial charge in [-0.2, -0.15) is 0 Å². The van der Waals surface area contributed by atoms with Crippen LogP contribution in [0.1, 0.15) is 59.8 Å². The van der Waals surface area contributed by atoms with E-state index in [4.69, 9.17) is 5.11 Å². The summed E-state index contributed by atoms with van der Waals surface area (Å²) in [7, 11) is 0. The summed E-state index contributed by atoms with van der Waals surface area (Å²) < 4.78 is 0. The molecule has 1 rings (SSSR count). The molecule has 2 heteroatoms. The Bertz CT molecular complexity index is 215. The molecule has 1 aliphatic carbocycles. The van der Waals surface area contributed by atoms with Crippen molar-refractivity contribution >= 4 is 0 Å². The third-order valence-electron chi connectivity index (χ3n) is 4.48. The zero-order valence-corrected chi connectivity index (χ0v) is 12.1. The maximum absolute atomic E-state index is 8.89. The average Bonchev–Trinajstić information content (AvgIpc) is 2.28. The van der Waals surface area contributed by atoms with E-state index in [1.165, 1.54) is 19.3 Å². The van der Waals surface area contributed by atoms with E-state index in [-0.39, 0.29) is 0 Å². The lowest BCUT2D eigenvalue weighted by Crippen LogP contribution is -2.41. The molecular formula is C15H31NO. The predicted octanol–water partition coefficient (Wildman–Crippen LogP) is 3.20. The van der Waals surface area contributed by atoms with Gasteiger partial charge in [0.05, 0.1) is 0 Å². The van der Waals surface area contributed by atoms with Gasteiger partial charge >= 0.3 is 0 Å². The molecule has 0 aromatic carbocycles. The van der Waals surface area contributed by atoms with Crippen LogP contribution in [0.25, 0.3) is 0 Å². The second-order valence-corrected chi connectivity index (χ2v) is 6.84. The van der Waals surface area contributed by atoms with E-state index in [1.54, 1.807) is 0 Å². The van der Waals surface area contributed by atoms with Crippen LogP contribution < -0.4 is 5.32 Å². The Morgan fingerprint density at radius 2 is 1.88 bits per heavy atom. The Morgan fingerprint density at radius 3 is 2.47 bits per heavy atom. The predicted molar refractivity (Wildman–Crippen MR) is 74.1 cm³/mol. The molecule has 0 aromatic heterocycles. The Labute approximate surface area is 107 Å². The van der Waals surface area contributed by atoms with Gasteiger partial charge in [0.1, 0.15) is 0 Å². The van der Waals surface area contributed by atoms with Gasteiger partial charge in [0.15, 0.2) is 0 Å². The Morgan fingerprint density at radius 1 is 1.18 bits per heavy atom. The van der Waals surface area contributed by atoms with Crippen LogP contribution in [0, 0.1) is 17.3 Å². The molecule has 1 saturated carbocycles. The Kier molecular flexibility index (Phi) is 5.94. The molecule has 0 amide bonds. The lowest BCUT2D eigenvalue weighted by atomic mass is 9.78. The van der Waals surface area contributed by atoms with E-state index in [0.717, 1.165) is 37.3 Å². The monoisotopic (exact) mass is 241 g/mol. The van der Waals surface area contributed by atoms with Gasteiger partial charge in [-0.3, -0.25) is 0 Å². The lowest BCUT2D eigenvalue weighted by Gasteiger charge is -2.35. The molecule has 1 aliphatic rings. The van der Waals surface area contributed by atoms with Crippen molar-refractivity contribution in [2.24, 2.45) is 17.3 Å². The fraction of sp³-hybridized carbons (Fsp3) is 1.00. The molecule has 0 aliphatic heterocycles. The summed E-state index contributed by atoms with van der Waals surface area (Å²) in [4.78, 5) is 0. The zero-order chi connectivity index (χ0) is 12.9. The minimum atomic E-state index is 0.315. The fourth-order valence-corrected chi connectivity index (χ4v) is 2.80. The average molecular weight is 241 g/mol. The Balaban J connectivity index is 2.26. The second kappa shape index (κ2) is 6.75. The highest BCUT2D eigenvalue weighted by Crippen LogP contribution is 2.30. The van der Waals surface area contributed by atoms with Crippen molar-refractivity contribution in [1.29, 1.82) is 0 Å². The van der Waals surface area contributed by atoms with Gasteiger partial charge < -0.3 is 10.4 Å². The van der Waals surface area contributed by atoms with Crippen molar-refractivity contribution in [2.45, 2.75) is 65.8 Å². The van der Waals surface area contributed by atoms with Gasteiger partial charge in [-0.05, 0) is 49.4 Å². The normalized spacial score (nSPS) is 30.5. The van der Waals surface area contributed by atoms with Crippen molar-refractivity contribution in [1.82, 2.24) is 5.32 Å². The van der Waals surface area contributed by atoms with Crippen molar-refractivity contribution in [3.8, 4) is 0 Å². The summed E-state index contributed by atoms with van der Waals surface area (Å²) in [5.41, 5.74) is 0.315. The van der Waals surface area contributed by atoms with Gasteiger partial charge in [-0.25, -0.2) is 0 Å². The first kappa shape index (κ1) is 15.0. The van der Waals surface area contributed by atoms with Crippen molar-refractivity contribution in [2.75, 3.05) is 13.2 Å². The molecule has 0 radical (unpaired) electrons. The van der Waals surface area contributed by atoms with Crippen molar-refractivity contribution < 1.29 is 5.11 Å². The van der Waals surface area contributed by atoms with Gasteiger partial charge in [-0.1, -0.05) is 27.7 Å². The number of aliphatic hydroxyl groups excluding tert-OH is 1. The zero-order valence-electron chi connectivity index (χ0n) is 12.1. The molecule has 0 aromatic rings. The summed E-state index contributed by atoms with van der Waals surface area (Å²) in [6.07, 6.45) is 6.07. The second-order valence-electron chi connectivity index (χ2n) is 6.84. The minimum absolute atomic E-state index is 0.315. The van der Waals surface area contributed by atoms with Crippen LogP contribution in [0.15, 0.2) is 0 Å². The van der Waals surface area contributed by atoms with Gasteiger partial charge in [0.2, 0.25) is 0 Å². The van der Waals surface area contributed by atoms with Crippen LogP contribution in [0.3, 0.4) is 0 Å². The molecule has 3 atom stereocenters. The first-order chi connectivity index (χ1) is 7.94. The molecule has 17 heavy (non-hydrogen) atoms. The van der Waals surface area contributed by atoms with Gasteiger partial charge in [0, 0.05) is 19.2 Å². The smallest absolute Gasteiger partial charge is 0.0431 e. The summed E-state index contributed by atoms with van der Waals surface area (Å²) in [6.45, 7) is 10.8. The number of hydrogen-bond donors (Lipinski definition) is 2. The summed E-state index contributed by atoms with van der Waals surface area (Å²) >= 11 is 0. The van der Waals surface area contributed by atoms with Crippen LogP contribution in [-0.2, 0) is 0 Å². The topological polar surface area (TPSA) is 32.3 Å². The van der Waals surface area contributed by atoms with E-state index < -0.39 is 0 Å². The molecule has 0 saturated heterocycles. The third kappa shape index (κ3) is 5.39. The highest BCUT2D eigenvalue weighted by molar-refractivity contribution is 4.82. The fourth-order valence-electron chi connectivity index (χ4n) is 2.80. The molecular weight excluding hydrogens is 210 g/mol. The number of nitrogens with one attached hydrogen (secondary N) is 1. The quantitative estimate of drug-likeness (QED) is 0.748. The largest absolute Gasteiger partial charge is 0.396 e. The molecule has 3 unspecified atom stereocenters. The van der Waals surface area contributed by atoms with E-state index >= 15 is 0 Å². The van der Waals surface area contributed by atoms with Gasteiger partial charge in [0.25, 0.3) is 0 Å². The molecule has 102 valence electrons. The number of aliphatic hydroxyl groups is 1. The van der Waals surface area contributed by atoms with Crippen LogP contribution in [0.5, 0.6) is 0 Å². The van der Waals surface area contributed by atoms with Crippen molar-refractivity contribution in [3.63, 3.8) is 0 Å². The SMILES string of the molecule is CC1CCC(NCC(C)(C)CCCO)CC1C. The first-order valence-corrected chi connectivity index (χ1v) is 7.29. The maximum atomic E-state index is 8.89. The minimum Gasteiger partial charge on any atom is -0.396 e. The first-order valence-electron chi connectivity index (χ1n) is 7.29. The third-order valence-corrected chi connectivity index (χ3v) is 4.48. The molecule has 0 bridgehead atoms. The standard InChI is InChI=1S/C15H31NO/c1-12-6-7-14(10-13(12)2)16-11-15(3,4)8-5-9-17/h12-14,16-17H,5-11H2,1-4H3. The van der Waals surface area contributed by atoms with Crippen molar-refractivity contribution in [3.05, 3.63) is 0 Å². The number of rotatable bonds is 6. The maximum Gasteiger partial charge on any atom is 0.0431 e. The van der Waals surface area contributed by atoms with Gasteiger partial charge in [-0.15, -0.1) is 0 Å². The lowest BCUT2D eigenvalue weighted by molar-refractivity contribution is 0.195. The summed E-state index contributed by atoms with van der Waals surface area (Å²) in [6, 6.07) is 0.717. The van der Waals surface area contributed by atoms with Crippen LogP contribution in [0.2, 0.25) is 0 Å². The summed E-state index contributed by atoms with van der Waals surface area (Å²) in [5, 5.41) is 12.6. The van der Waals surface area contributed by atoms with Crippen LogP contribution in [0.4, 0.5) is 0 Å². The van der Waals surface area contributed by atoms with E-state index in [1.807, 2.05) is 0 Å². The van der Waals surface area contributed by atoms with E-state index in [0.29, 0.717) is 12.0 Å². The Hall–Kier alpha value is -0.0800. The molecule has 0 spiro atoms.